The summed E-state index contributed by atoms with van der Waals surface area (Å²) in [6, 6.07) is 5.66. The van der Waals surface area contributed by atoms with E-state index in [4.69, 9.17) is 4.52 Å². The number of nitrogens with zero attached hydrogens (tertiary/aromatic N) is 2. The van der Waals surface area contributed by atoms with Crippen LogP contribution in [-0.2, 0) is 10.0 Å². The number of anilines is 1. The van der Waals surface area contributed by atoms with Crippen LogP contribution in [0.15, 0.2) is 34.9 Å². The number of likely N-dealkylation sites (tertiary alicyclic amines) is 1. The molecule has 0 saturated carbocycles. The molecule has 0 aliphatic carbocycles. The summed E-state index contributed by atoms with van der Waals surface area (Å²) in [7, 11) is -3.41. The second kappa shape index (κ2) is 8.14. The van der Waals surface area contributed by atoms with Crippen LogP contribution in [0.3, 0.4) is 0 Å². The summed E-state index contributed by atoms with van der Waals surface area (Å²) in [4.78, 5) is 14.4. The van der Waals surface area contributed by atoms with Crippen molar-refractivity contribution in [1.82, 2.24) is 14.8 Å². The van der Waals surface area contributed by atoms with E-state index in [1.165, 1.54) is 11.0 Å². The molecular weight excluding hydrogens is 442 g/mol. The van der Waals surface area contributed by atoms with E-state index in [1.807, 2.05) is 0 Å². The number of nitrogens with one attached hydrogen (secondary N) is 2. The third kappa shape index (κ3) is 4.30. The molecule has 1 fully saturated rings. The number of hydrogen-bond donors (Lipinski definition) is 2. The monoisotopic (exact) mass is 464 g/mol. The average Bonchev–Trinajstić information content (AvgIpc) is 3.23. The quantitative estimate of drug-likeness (QED) is 0.614. The van der Waals surface area contributed by atoms with Crippen LogP contribution in [0.1, 0.15) is 18.9 Å². The fourth-order valence-corrected chi connectivity index (χ4v) is 4.90. The standard InChI is InChI=1S/C21H22F2N4O4S/c1-11-7-14(18-15(22)5-4-6-16(18)23)19-17(8-11)31-25-20(19)24-21(28)27-10-13(9-12(27)2)26-32(3,29)30/h4-8,12-13,26H,9-10H2,1-3H3,(H,24,25,28)/t12-,13+/m1/s1. The first-order chi connectivity index (χ1) is 15.0. The van der Waals surface area contributed by atoms with Gasteiger partial charge in [-0.05, 0) is 44.0 Å². The van der Waals surface area contributed by atoms with Crippen LogP contribution >= 0.6 is 0 Å². The van der Waals surface area contributed by atoms with Gasteiger partial charge in [0.05, 0.1) is 17.2 Å². The Bertz CT molecular complexity index is 1290. The first-order valence-corrected chi connectivity index (χ1v) is 11.8. The number of rotatable bonds is 4. The second-order valence-electron chi connectivity index (χ2n) is 8.07. The fourth-order valence-electron chi connectivity index (χ4n) is 4.12. The molecule has 8 nitrogen and oxygen atoms in total. The smallest absolute Gasteiger partial charge is 0.323 e. The number of amides is 2. The predicted octanol–water partition coefficient (Wildman–Crippen LogP) is 3.63. The molecule has 2 heterocycles. The van der Waals surface area contributed by atoms with Crippen molar-refractivity contribution in [2.24, 2.45) is 0 Å². The molecule has 170 valence electrons. The Kier molecular flexibility index (Phi) is 5.63. The van der Waals surface area contributed by atoms with E-state index in [0.29, 0.717) is 12.0 Å². The Morgan fingerprint density at radius 1 is 1.25 bits per heavy atom. The number of fused-ring (bicyclic) bond motifs is 1. The average molecular weight is 464 g/mol. The van der Waals surface area contributed by atoms with Gasteiger partial charge in [0.15, 0.2) is 11.4 Å². The van der Waals surface area contributed by atoms with Crippen molar-refractivity contribution in [2.75, 3.05) is 18.1 Å². The normalized spacial score (nSPS) is 19.0. The number of aryl methyl sites for hydroxylation is 1. The van der Waals surface area contributed by atoms with Crippen molar-refractivity contribution < 1.29 is 26.5 Å². The molecule has 4 rings (SSSR count). The molecular formula is C21H22F2N4O4S. The van der Waals surface area contributed by atoms with E-state index in [-0.39, 0.29) is 40.5 Å². The van der Waals surface area contributed by atoms with Gasteiger partial charge < -0.3 is 9.42 Å². The van der Waals surface area contributed by atoms with Gasteiger partial charge in [-0.2, -0.15) is 0 Å². The number of hydrogen-bond acceptors (Lipinski definition) is 5. The van der Waals surface area contributed by atoms with Crippen molar-refractivity contribution >= 4 is 32.8 Å². The van der Waals surface area contributed by atoms with E-state index in [0.717, 1.165) is 18.4 Å². The van der Waals surface area contributed by atoms with Crippen LogP contribution in [-0.4, -0.2) is 49.4 Å². The summed E-state index contributed by atoms with van der Waals surface area (Å²) in [5.74, 6) is -1.48. The van der Waals surface area contributed by atoms with Gasteiger partial charge in [0.25, 0.3) is 0 Å². The molecule has 2 aromatic carbocycles. The molecule has 3 aromatic rings. The Morgan fingerprint density at radius 2 is 1.94 bits per heavy atom. The number of halogens is 2. The summed E-state index contributed by atoms with van der Waals surface area (Å²) < 4.78 is 59.9. The number of benzene rings is 2. The van der Waals surface area contributed by atoms with Gasteiger partial charge in [-0.15, -0.1) is 0 Å². The van der Waals surface area contributed by atoms with Crippen LogP contribution in [0, 0.1) is 18.6 Å². The zero-order chi connectivity index (χ0) is 23.2. The molecule has 0 unspecified atom stereocenters. The minimum absolute atomic E-state index is 0.0226. The number of sulfonamides is 1. The van der Waals surface area contributed by atoms with Crippen LogP contribution in [0.25, 0.3) is 22.1 Å². The fraction of sp³-hybridized carbons (Fsp3) is 0.333. The zero-order valence-electron chi connectivity index (χ0n) is 17.6. The summed E-state index contributed by atoms with van der Waals surface area (Å²) in [6.45, 7) is 3.72. The first kappa shape index (κ1) is 22.2. The first-order valence-electron chi connectivity index (χ1n) is 9.93. The number of carbonyl (C=O) groups is 1. The summed E-state index contributed by atoms with van der Waals surface area (Å²) in [5.41, 5.74) is 0.932. The maximum Gasteiger partial charge on any atom is 0.323 e. The lowest BCUT2D eigenvalue weighted by molar-refractivity contribution is 0.209. The molecule has 0 bridgehead atoms. The highest BCUT2D eigenvalue weighted by atomic mass is 32.2. The molecule has 32 heavy (non-hydrogen) atoms. The molecule has 0 spiro atoms. The molecule has 1 aliphatic rings. The van der Waals surface area contributed by atoms with Crippen LogP contribution in [0.5, 0.6) is 0 Å². The Morgan fingerprint density at radius 3 is 2.59 bits per heavy atom. The molecule has 2 amide bonds. The van der Waals surface area contributed by atoms with Crippen molar-refractivity contribution in [1.29, 1.82) is 0 Å². The third-order valence-corrected chi connectivity index (χ3v) is 6.15. The van der Waals surface area contributed by atoms with Crippen LogP contribution in [0.4, 0.5) is 19.4 Å². The topological polar surface area (TPSA) is 105 Å². The van der Waals surface area contributed by atoms with Crippen LogP contribution < -0.4 is 10.0 Å². The molecule has 11 heteroatoms. The highest BCUT2D eigenvalue weighted by molar-refractivity contribution is 7.88. The van der Waals surface area contributed by atoms with Gasteiger partial charge in [0.1, 0.15) is 11.6 Å². The molecule has 0 radical (unpaired) electrons. The Hall–Kier alpha value is -3.05. The van der Waals surface area contributed by atoms with Crippen molar-refractivity contribution in [3.63, 3.8) is 0 Å². The van der Waals surface area contributed by atoms with Crippen molar-refractivity contribution in [2.45, 2.75) is 32.4 Å². The molecule has 1 aromatic heterocycles. The summed E-state index contributed by atoms with van der Waals surface area (Å²) >= 11 is 0. The molecule has 2 N–H and O–H groups in total. The largest absolute Gasteiger partial charge is 0.354 e. The van der Waals surface area contributed by atoms with Gasteiger partial charge in [-0.3, -0.25) is 5.32 Å². The lowest BCUT2D eigenvalue weighted by atomic mass is 9.98. The maximum atomic E-state index is 14.5. The lowest BCUT2D eigenvalue weighted by Crippen LogP contribution is -2.40. The highest BCUT2D eigenvalue weighted by Crippen LogP contribution is 2.37. The van der Waals surface area contributed by atoms with E-state index in [1.54, 1.807) is 26.0 Å². The van der Waals surface area contributed by atoms with E-state index < -0.39 is 33.7 Å². The van der Waals surface area contributed by atoms with Crippen molar-refractivity contribution in [3.8, 4) is 11.1 Å². The van der Waals surface area contributed by atoms with E-state index >= 15 is 0 Å². The minimum atomic E-state index is -3.41. The zero-order valence-corrected chi connectivity index (χ0v) is 18.5. The van der Waals surface area contributed by atoms with Crippen molar-refractivity contribution in [3.05, 3.63) is 47.5 Å². The number of carbonyl (C=O) groups excluding carboxylic acids is 1. The van der Waals surface area contributed by atoms with E-state index in [2.05, 4.69) is 15.2 Å². The minimum Gasteiger partial charge on any atom is -0.354 e. The number of urea groups is 1. The predicted molar refractivity (Wildman–Crippen MR) is 116 cm³/mol. The molecule has 1 aliphatic heterocycles. The lowest BCUT2D eigenvalue weighted by Gasteiger charge is -2.21. The van der Waals surface area contributed by atoms with Gasteiger partial charge in [-0.25, -0.2) is 26.7 Å². The SMILES string of the molecule is Cc1cc(-c2c(F)cccc2F)c2c(NC(=O)N3C[C@@H](NS(C)(=O)=O)C[C@H]3C)noc2c1. The second-order valence-corrected chi connectivity index (χ2v) is 9.85. The highest BCUT2D eigenvalue weighted by Gasteiger charge is 2.34. The third-order valence-electron chi connectivity index (χ3n) is 5.39. The maximum absolute atomic E-state index is 14.5. The van der Waals surface area contributed by atoms with Gasteiger partial charge >= 0.3 is 6.03 Å². The summed E-state index contributed by atoms with van der Waals surface area (Å²) in [5, 5.41) is 6.83. The summed E-state index contributed by atoms with van der Waals surface area (Å²) in [6.07, 6.45) is 1.51. The molecule has 1 saturated heterocycles. The van der Waals surface area contributed by atoms with Gasteiger partial charge in [0.2, 0.25) is 10.0 Å². The molecule has 2 atom stereocenters. The Labute approximate surface area is 183 Å². The Balaban J connectivity index is 1.68. The van der Waals surface area contributed by atoms with Gasteiger partial charge in [-0.1, -0.05) is 17.3 Å². The van der Waals surface area contributed by atoms with Gasteiger partial charge in [0, 0.05) is 24.2 Å². The van der Waals surface area contributed by atoms with Crippen LogP contribution in [0.2, 0.25) is 0 Å². The number of aromatic nitrogens is 1. The van der Waals surface area contributed by atoms with E-state index in [9.17, 15) is 22.0 Å².